The molecule has 2 aliphatic rings. The van der Waals surface area contributed by atoms with Crippen molar-refractivity contribution in [1.29, 1.82) is 0 Å². The molecule has 0 amide bonds. The molecule has 2 N–H and O–H groups in total. The lowest BCUT2D eigenvalue weighted by Crippen LogP contribution is -2.44. The normalized spacial score (nSPS) is 20.8. The third-order valence-corrected chi connectivity index (χ3v) is 6.29. The van der Waals surface area contributed by atoms with E-state index in [9.17, 15) is 0 Å². The lowest BCUT2D eigenvalue weighted by atomic mass is 10.2. The van der Waals surface area contributed by atoms with Gasteiger partial charge >= 0.3 is 0 Å². The van der Waals surface area contributed by atoms with Gasteiger partial charge in [0, 0.05) is 69.2 Å². The molecular weight excluding hydrogens is 404 g/mol. The number of nitrogens with one attached hydrogen (secondary N) is 2. The summed E-state index contributed by atoms with van der Waals surface area (Å²) in [5, 5.41) is 7.06. The second kappa shape index (κ2) is 12.7. The molecular formula is C24H42N6O2. The molecule has 8 nitrogen and oxygen atoms in total. The van der Waals surface area contributed by atoms with Crippen LogP contribution in [0.15, 0.2) is 23.2 Å². The summed E-state index contributed by atoms with van der Waals surface area (Å²) in [5.41, 5.74) is 1.13. The van der Waals surface area contributed by atoms with Crippen LogP contribution in [0.2, 0.25) is 0 Å². The zero-order valence-electron chi connectivity index (χ0n) is 20.4. The molecule has 0 aromatic heterocycles. The highest BCUT2D eigenvalue weighted by Crippen LogP contribution is 2.30. The van der Waals surface area contributed by atoms with E-state index in [-0.39, 0.29) is 0 Å². The minimum atomic E-state index is 0.367. The summed E-state index contributed by atoms with van der Waals surface area (Å²) in [6, 6.07) is 6.43. The summed E-state index contributed by atoms with van der Waals surface area (Å²) in [7, 11) is 5.60. The first-order valence-corrected chi connectivity index (χ1v) is 12.0. The van der Waals surface area contributed by atoms with Crippen molar-refractivity contribution in [3.63, 3.8) is 0 Å². The Labute approximate surface area is 193 Å². The quantitative estimate of drug-likeness (QED) is 0.341. The van der Waals surface area contributed by atoms with E-state index in [4.69, 9.17) is 14.5 Å². The molecule has 0 radical (unpaired) electrons. The first kappa shape index (κ1) is 24.5. The van der Waals surface area contributed by atoms with Gasteiger partial charge < -0.3 is 34.8 Å². The number of ether oxygens (including phenoxy) is 2. The predicted octanol–water partition coefficient (Wildman–Crippen LogP) is 1.87. The van der Waals surface area contributed by atoms with Crippen LogP contribution < -0.4 is 25.0 Å². The molecule has 0 spiro atoms. The SMILES string of the molecule is CCNC(=NCCCN1CCCN(C)CC1)NC1CCN(c2cc(OC)cc(OC)c2)C1. The average molecular weight is 447 g/mol. The topological polar surface area (TPSA) is 64.6 Å². The van der Waals surface area contributed by atoms with Crippen molar-refractivity contribution in [3.8, 4) is 11.5 Å². The van der Waals surface area contributed by atoms with Crippen molar-refractivity contribution >= 4 is 11.6 Å². The zero-order valence-corrected chi connectivity index (χ0v) is 20.4. The van der Waals surface area contributed by atoms with Crippen LogP contribution in [-0.4, -0.2) is 102 Å². The van der Waals surface area contributed by atoms with Crippen LogP contribution in [0.25, 0.3) is 0 Å². The van der Waals surface area contributed by atoms with E-state index in [1.807, 2.05) is 6.07 Å². The van der Waals surface area contributed by atoms with Crippen molar-refractivity contribution in [1.82, 2.24) is 20.4 Å². The number of guanidine groups is 1. The van der Waals surface area contributed by atoms with Gasteiger partial charge in [-0.3, -0.25) is 4.99 Å². The van der Waals surface area contributed by atoms with Crippen LogP contribution in [0.3, 0.4) is 0 Å². The Morgan fingerprint density at radius 1 is 1.06 bits per heavy atom. The highest BCUT2D eigenvalue weighted by Gasteiger charge is 2.24. The number of hydrogen-bond donors (Lipinski definition) is 2. The van der Waals surface area contributed by atoms with E-state index in [0.717, 1.165) is 68.7 Å². The van der Waals surface area contributed by atoms with Crippen molar-refractivity contribution < 1.29 is 9.47 Å². The Bertz CT molecular complexity index is 706. The lowest BCUT2D eigenvalue weighted by Gasteiger charge is -2.22. The molecule has 180 valence electrons. The molecule has 8 heteroatoms. The third-order valence-electron chi connectivity index (χ3n) is 6.29. The molecule has 0 bridgehead atoms. The number of aliphatic imine (C=N–C) groups is 1. The van der Waals surface area contributed by atoms with Crippen LogP contribution >= 0.6 is 0 Å². The molecule has 0 saturated carbocycles. The van der Waals surface area contributed by atoms with Crippen LogP contribution in [0.4, 0.5) is 5.69 Å². The molecule has 32 heavy (non-hydrogen) atoms. The number of benzene rings is 1. The fourth-order valence-electron chi connectivity index (χ4n) is 4.41. The van der Waals surface area contributed by atoms with Gasteiger partial charge in [-0.25, -0.2) is 0 Å². The van der Waals surface area contributed by atoms with Gasteiger partial charge in [0.15, 0.2) is 5.96 Å². The van der Waals surface area contributed by atoms with E-state index in [1.54, 1.807) is 14.2 Å². The highest BCUT2D eigenvalue weighted by molar-refractivity contribution is 5.80. The second-order valence-corrected chi connectivity index (χ2v) is 8.76. The van der Waals surface area contributed by atoms with E-state index in [2.05, 4.69) is 51.4 Å². The molecule has 1 aromatic rings. The Kier molecular flexibility index (Phi) is 9.74. The van der Waals surface area contributed by atoms with Crippen molar-refractivity contribution in [2.24, 2.45) is 4.99 Å². The molecule has 3 rings (SSSR count). The minimum absolute atomic E-state index is 0.367. The molecule has 2 heterocycles. The zero-order chi connectivity index (χ0) is 22.8. The Hall–Kier alpha value is -2.19. The number of hydrogen-bond acceptors (Lipinski definition) is 6. The maximum absolute atomic E-state index is 5.43. The fourth-order valence-corrected chi connectivity index (χ4v) is 4.41. The van der Waals surface area contributed by atoms with Crippen molar-refractivity contribution in [2.45, 2.75) is 32.2 Å². The minimum Gasteiger partial charge on any atom is -0.497 e. The van der Waals surface area contributed by atoms with Crippen LogP contribution in [0.1, 0.15) is 26.2 Å². The van der Waals surface area contributed by atoms with Gasteiger partial charge in [-0.1, -0.05) is 0 Å². The lowest BCUT2D eigenvalue weighted by molar-refractivity contribution is 0.275. The van der Waals surface area contributed by atoms with Gasteiger partial charge in [0.1, 0.15) is 11.5 Å². The molecule has 2 aliphatic heterocycles. The Balaban J connectivity index is 1.48. The maximum atomic E-state index is 5.43. The smallest absolute Gasteiger partial charge is 0.191 e. The first-order valence-electron chi connectivity index (χ1n) is 12.0. The average Bonchev–Trinajstić information content (AvgIpc) is 3.17. The van der Waals surface area contributed by atoms with Gasteiger partial charge in [0.25, 0.3) is 0 Å². The molecule has 2 saturated heterocycles. The number of nitrogens with zero attached hydrogens (tertiary/aromatic N) is 4. The summed E-state index contributed by atoms with van der Waals surface area (Å²) in [5.74, 6) is 2.57. The summed E-state index contributed by atoms with van der Waals surface area (Å²) < 4.78 is 10.9. The molecule has 1 atom stereocenters. The molecule has 2 fully saturated rings. The number of likely N-dealkylation sites (N-methyl/N-ethyl adjacent to an activating group) is 1. The number of rotatable bonds is 9. The standard InChI is InChI=1S/C24H42N6O2/c1-5-25-24(26-9-6-11-29-12-7-10-28(2)14-15-29)27-20-8-13-30(19-20)21-16-22(31-3)18-23(17-21)32-4/h16-18,20H,5-15,19H2,1-4H3,(H2,25,26,27). The Morgan fingerprint density at radius 3 is 2.56 bits per heavy atom. The van der Waals surface area contributed by atoms with Crippen LogP contribution in [0, 0.1) is 0 Å². The Morgan fingerprint density at radius 2 is 1.84 bits per heavy atom. The largest absolute Gasteiger partial charge is 0.497 e. The van der Waals surface area contributed by atoms with Crippen LogP contribution in [-0.2, 0) is 0 Å². The monoisotopic (exact) mass is 446 g/mol. The summed E-state index contributed by atoms with van der Waals surface area (Å²) in [6.45, 7) is 11.7. The van der Waals surface area contributed by atoms with E-state index >= 15 is 0 Å². The van der Waals surface area contributed by atoms with Crippen LogP contribution in [0.5, 0.6) is 11.5 Å². The van der Waals surface area contributed by atoms with E-state index < -0.39 is 0 Å². The summed E-state index contributed by atoms with van der Waals surface area (Å²) in [4.78, 5) is 12.2. The second-order valence-electron chi connectivity index (χ2n) is 8.76. The van der Waals surface area contributed by atoms with Gasteiger partial charge in [-0.2, -0.15) is 0 Å². The maximum Gasteiger partial charge on any atom is 0.191 e. The highest BCUT2D eigenvalue weighted by atomic mass is 16.5. The summed E-state index contributed by atoms with van der Waals surface area (Å²) in [6.07, 6.45) is 3.44. The van der Waals surface area contributed by atoms with E-state index in [1.165, 1.54) is 32.6 Å². The van der Waals surface area contributed by atoms with Gasteiger partial charge in [-0.05, 0) is 52.9 Å². The van der Waals surface area contributed by atoms with Gasteiger partial charge in [0.05, 0.1) is 14.2 Å². The molecule has 1 aromatic carbocycles. The fraction of sp³-hybridized carbons (Fsp3) is 0.708. The third kappa shape index (κ3) is 7.45. The van der Waals surface area contributed by atoms with Crippen molar-refractivity contribution in [2.75, 3.05) is 85.1 Å². The number of anilines is 1. The van der Waals surface area contributed by atoms with Gasteiger partial charge in [-0.15, -0.1) is 0 Å². The van der Waals surface area contributed by atoms with E-state index in [0.29, 0.717) is 6.04 Å². The summed E-state index contributed by atoms with van der Waals surface area (Å²) >= 11 is 0. The first-order chi connectivity index (χ1) is 15.6. The van der Waals surface area contributed by atoms with Crippen molar-refractivity contribution in [3.05, 3.63) is 18.2 Å². The predicted molar refractivity (Wildman–Crippen MR) is 132 cm³/mol. The molecule has 1 unspecified atom stereocenters. The van der Waals surface area contributed by atoms with Gasteiger partial charge in [0.2, 0.25) is 0 Å². The number of methoxy groups -OCH3 is 2. The molecule has 0 aliphatic carbocycles.